The van der Waals surface area contributed by atoms with Gasteiger partial charge in [0.05, 0.1) is 12.2 Å². The van der Waals surface area contributed by atoms with Gasteiger partial charge in [-0.2, -0.15) is 0 Å². The Balaban J connectivity index is 1.84. The summed E-state index contributed by atoms with van der Waals surface area (Å²) in [7, 11) is 0. The monoisotopic (exact) mass is 394 g/mol. The van der Waals surface area contributed by atoms with Gasteiger partial charge in [-0.05, 0) is 50.7 Å². The Morgan fingerprint density at radius 2 is 1.93 bits per heavy atom. The molecule has 6 nitrogen and oxygen atoms in total. The minimum absolute atomic E-state index is 0.0135. The number of carbonyl (C=O) groups excluding carboxylic acids is 2. The predicted octanol–water partition coefficient (Wildman–Crippen LogP) is 0.620. The summed E-state index contributed by atoms with van der Waals surface area (Å²) in [5.74, 6) is -2.38. The van der Waals surface area contributed by atoms with Crippen molar-refractivity contribution in [3.05, 3.63) is 23.8 Å². The van der Waals surface area contributed by atoms with E-state index in [9.17, 15) is 30.0 Å². The van der Waals surface area contributed by atoms with Crippen LogP contribution in [-0.4, -0.2) is 62.1 Å². The Kier molecular flexibility index (Phi) is 4.13. The van der Waals surface area contributed by atoms with E-state index in [4.69, 9.17) is 0 Å². The normalized spacial score (nSPS) is 52.5. The average molecular weight is 394 g/mol. The van der Waals surface area contributed by atoms with Crippen LogP contribution in [-0.2, 0) is 9.59 Å². The predicted molar refractivity (Wildman–Crippen MR) is 96.8 cm³/mol. The Morgan fingerprint density at radius 3 is 2.57 bits per heavy atom. The summed E-state index contributed by atoms with van der Waals surface area (Å²) in [5.41, 5.74) is -6.12. The topological polar surface area (TPSA) is 115 Å². The molecule has 7 heteroatoms. The molecule has 0 heterocycles. The lowest BCUT2D eigenvalue weighted by molar-refractivity contribution is -0.222. The lowest BCUT2D eigenvalue weighted by atomic mass is 9.44. The molecule has 0 saturated heterocycles. The molecule has 1 unspecified atom stereocenters. The molecule has 4 rings (SSSR count). The number of carbonyl (C=O) groups is 2. The number of Topliss-reactive ketones (excluding diaryl/α,β-unsaturated/α-hetero) is 1. The Labute approximate surface area is 162 Å². The number of alkyl halides is 1. The Bertz CT molecular complexity index is 807. The van der Waals surface area contributed by atoms with Crippen LogP contribution >= 0.6 is 0 Å². The highest BCUT2D eigenvalue weighted by Gasteiger charge is 2.76. The molecule has 0 aromatic carbocycles. The summed E-state index contributed by atoms with van der Waals surface area (Å²) in [6.07, 6.45) is 1.93. The number of rotatable bonds is 2. The number of allylic oxidation sites excluding steroid dienone is 4. The molecular formula is C21H27FO6. The standard InChI is InChI=1S/C21H27FO6/c1-18-6-5-12(24)7-11(18)3-4-13-14-8-15(25)21(28,17(27)10-23)19(14,2)9-16(26)20(13,18)22/h5-7,13-16,23,25-26,28H,3-4,8-10H2,1-2H3/t13-,14-,15+,16-,18-,19-,20-,21?/m0/s1. The number of fused-ring (bicyclic) bond motifs is 5. The number of aliphatic hydroxyl groups excluding tert-OH is 3. The molecule has 3 saturated carbocycles. The van der Waals surface area contributed by atoms with Crippen LogP contribution in [0.25, 0.3) is 0 Å². The molecule has 0 aliphatic heterocycles. The third-order valence-corrected chi connectivity index (χ3v) is 8.43. The van der Waals surface area contributed by atoms with Crippen LogP contribution in [0, 0.1) is 22.7 Å². The van der Waals surface area contributed by atoms with Crippen molar-refractivity contribution in [2.75, 3.05) is 6.61 Å². The number of halogens is 1. The summed E-state index contributed by atoms with van der Waals surface area (Å²) in [6.45, 7) is 2.33. The zero-order chi connectivity index (χ0) is 20.7. The average Bonchev–Trinajstić information content (AvgIpc) is 2.84. The molecule has 0 aromatic rings. The molecule has 0 amide bonds. The highest BCUT2D eigenvalue weighted by Crippen LogP contribution is 2.69. The second kappa shape index (κ2) is 5.81. The first-order chi connectivity index (χ1) is 13.0. The maximum absolute atomic E-state index is 16.8. The van der Waals surface area contributed by atoms with Gasteiger partial charge in [-0.3, -0.25) is 9.59 Å². The van der Waals surface area contributed by atoms with Gasteiger partial charge in [-0.15, -0.1) is 0 Å². The van der Waals surface area contributed by atoms with Gasteiger partial charge in [-0.25, -0.2) is 4.39 Å². The molecule has 3 fully saturated rings. The van der Waals surface area contributed by atoms with E-state index in [1.54, 1.807) is 13.8 Å². The number of hydrogen-bond acceptors (Lipinski definition) is 6. The van der Waals surface area contributed by atoms with Crippen molar-refractivity contribution in [3.8, 4) is 0 Å². The largest absolute Gasteiger partial charge is 0.390 e. The summed E-state index contributed by atoms with van der Waals surface area (Å²) in [4.78, 5) is 24.2. The molecule has 4 aliphatic carbocycles. The Morgan fingerprint density at radius 1 is 1.25 bits per heavy atom. The fourth-order valence-electron chi connectivity index (χ4n) is 6.85. The molecule has 0 spiro atoms. The minimum Gasteiger partial charge on any atom is -0.390 e. The van der Waals surface area contributed by atoms with Gasteiger partial charge in [0.2, 0.25) is 0 Å². The fraction of sp³-hybridized carbons (Fsp3) is 0.714. The maximum Gasteiger partial charge on any atom is 0.192 e. The fourth-order valence-corrected chi connectivity index (χ4v) is 6.85. The maximum atomic E-state index is 16.8. The number of ketones is 2. The molecule has 154 valence electrons. The van der Waals surface area contributed by atoms with Gasteiger partial charge in [0.1, 0.15) is 6.61 Å². The molecule has 0 radical (unpaired) electrons. The lowest BCUT2D eigenvalue weighted by Crippen LogP contribution is -2.69. The van der Waals surface area contributed by atoms with Gasteiger partial charge in [0.15, 0.2) is 22.8 Å². The highest BCUT2D eigenvalue weighted by atomic mass is 19.1. The second-order valence-corrected chi connectivity index (χ2v) is 9.36. The third kappa shape index (κ3) is 2.01. The first kappa shape index (κ1) is 19.9. The van der Waals surface area contributed by atoms with Crippen LogP contribution in [0.3, 0.4) is 0 Å². The van der Waals surface area contributed by atoms with Crippen LogP contribution in [0.15, 0.2) is 23.8 Å². The highest BCUT2D eigenvalue weighted by molar-refractivity contribution is 6.01. The van der Waals surface area contributed by atoms with E-state index >= 15 is 4.39 Å². The summed E-state index contributed by atoms with van der Waals surface area (Å²) in [6, 6.07) is 0. The minimum atomic E-state index is -2.23. The van der Waals surface area contributed by atoms with E-state index < -0.39 is 58.5 Å². The van der Waals surface area contributed by atoms with Crippen molar-refractivity contribution in [1.29, 1.82) is 0 Å². The van der Waals surface area contributed by atoms with E-state index in [0.29, 0.717) is 18.4 Å². The van der Waals surface area contributed by atoms with Crippen LogP contribution in [0.2, 0.25) is 0 Å². The van der Waals surface area contributed by atoms with Crippen LogP contribution < -0.4 is 0 Å². The van der Waals surface area contributed by atoms with E-state index in [1.165, 1.54) is 18.2 Å². The molecule has 4 aliphatic rings. The van der Waals surface area contributed by atoms with Crippen molar-refractivity contribution < 1.29 is 34.4 Å². The van der Waals surface area contributed by atoms with E-state index in [0.717, 1.165) is 0 Å². The van der Waals surface area contributed by atoms with Gasteiger partial charge in [0.25, 0.3) is 0 Å². The molecule has 4 N–H and O–H groups in total. The molecule has 8 atom stereocenters. The molecule has 0 bridgehead atoms. The van der Waals surface area contributed by atoms with Crippen LogP contribution in [0.5, 0.6) is 0 Å². The third-order valence-electron chi connectivity index (χ3n) is 8.43. The lowest BCUT2D eigenvalue weighted by Gasteiger charge is -2.62. The van der Waals surface area contributed by atoms with Crippen molar-refractivity contribution in [3.63, 3.8) is 0 Å². The summed E-state index contributed by atoms with van der Waals surface area (Å²) < 4.78 is 16.8. The van der Waals surface area contributed by atoms with E-state index in [-0.39, 0.29) is 18.6 Å². The van der Waals surface area contributed by atoms with Gasteiger partial charge in [0, 0.05) is 16.7 Å². The quantitative estimate of drug-likeness (QED) is 0.546. The van der Waals surface area contributed by atoms with Gasteiger partial charge in [-0.1, -0.05) is 18.6 Å². The van der Waals surface area contributed by atoms with Gasteiger partial charge < -0.3 is 20.4 Å². The van der Waals surface area contributed by atoms with Crippen LogP contribution in [0.1, 0.15) is 39.5 Å². The zero-order valence-corrected chi connectivity index (χ0v) is 16.1. The summed E-state index contributed by atoms with van der Waals surface area (Å²) >= 11 is 0. The van der Waals surface area contributed by atoms with Gasteiger partial charge >= 0.3 is 0 Å². The van der Waals surface area contributed by atoms with Crippen molar-refractivity contribution in [2.24, 2.45) is 22.7 Å². The van der Waals surface area contributed by atoms with Crippen molar-refractivity contribution >= 4 is 11.6 Å². The second-order valence-electron chi connectivity index (χ2n) is 9.36. The van der Waals surface area contributed by atoms with Crippen molar-refractivity contribution in [1.82, 2.24) is 0 Å². The summed E-state index contributed by atoms with van der Waals surface area (Å²) in [5, 5.41) is 42.1. The number of hydrogen-bond donors (Lipinski definition) is 4. The number of aliphatic hydroxyl groups is 4. The molecular weight excluding hydrogens is 367 g/mol. The van der Waals surface area contributed by atoms with E-state index in [2.05, 4.69) is 0 Å². The molecule has 28 heavy (non-hydrogen) atoms. The smallest absolute Gasteiger partial charge is 0.192 e. The molecule has 0 aromatic heterocycles. The zero-order valence-electron chi connectivity index (χ0n) is 16.1. The van der Waals surface area contributed by atoms with Crippen LogP contribution in [0.4, 0.5) is 4.39 Å². The SMILES string of the molecule is C[C@]12C[C@H](O)[C@@]3(F)[C@@H](CCC4=CC(=O)C=C[C@@]43C)[C@@H]1C[C@@H](O)C2(O)C(=O)CO. The first-order valence-electron chi connectivity index (χ1n) is 9.82. The van der Waals surface area contributed by atoms with E-state index in [1.807, 2.05) is 0 Å². The Hall–Kier alpha value is -1.41. The van der Waals surface area contributed by atoms with Crippen molar-refractivity contribution in [2.45, 2.75) is 63.0 Å². The first-order valence-corrected chi connectivity index (χ1v) is 9.82.